The Morgan fingerprint density at radius 1 is 1.12 bits per heavy atom. The summed E-state index contributed by atoms with van der Waals surface area (Å²) in [7, 11) is 0. The van der Waals surface area contributed by atoms with Crippen LogP contribution in [0.4, 0.5) is 4.39 Å². The van der Waals surface area contributed by atoms with Crippen molar-refractivity contribution in [1.29, 1.82) is 0 Å². The van der Waals surface area contributed by atoms with Gasteiger partial charge in [0.1, 0.15) is 11.5 Å². The molecule has 1 fully saturated rings. The molecular formula is C18H18BrClFN3O2. The van der Waals surface area contributed by atoms with Crippen molar-refractivity contribution < 1.29 is 14.0 Å². The summed E-state index contributed by atoms with van der Waals surface area (Å²) in [6.45, 7) is 4.38. The molecule has 0 saturated carbocycles. The Balaban J connectivity index is 1.67. The Labute approximate surface area is 164 Å². The lowest BCUT2D eigenvalue weighted by atomic mass is 10.1. The van der Waals surface area contributed by atoms with Crippen molar-refractivity contribution >= 4 is 39.3 Å². The maximum atomic E-state index is 13.2. The van der Waals surface area contributed by atoms with Crippen LogP contribution < -0.4 is 0 Å². The maximum Gasteiger partial charge on any atom is 0.270 e. The van der Waals surface area contributed by atoms with Crippen LogP contribution in [0.3, 0.4) is 0 Å². The van der Waals surface area contributed by atoms with E-state index in [4.69, 9.17) is 11.6 Å². The molecule has 0 aliphatic carbocycles. The highest BCUT2D eigenvalue weighted by atomic mass is 79.9. The van der Waals surface area contributed by atoms with Gasteiger partial charge in [0.2, 0.25) is 0 Å². The van der Waals surface area contributed by atoms with Gasteiger partial charge in [0.15, 0.2) is 0 Å². The zero-order valence-electron chi connectivity index (χ0n) is 14.2. The highest BCUT2D eigenvalue weighted by Crippen LogP contribution is 2.21. The van der Waals surface area contributed by atoms with Crippen LogP contribution in [0.1, 0.15) is 27.8 Å². The Hall–Kier alpha value is -1.86. The summed E-state index contributed by atoms with van der Waals surface area (Å²) >= 11 is 9.38. The molecule has 3 rings (SSSR count). The molecule has 0 N–H and O–H groups in total. The van der Waals surface area contributed by atoms with Gasteiger partial charge in [-0.1, -0.05) is 11.6 Å². The monoisotopic (exact) mass is 441 g/mol. The topological polar surface area (TPSA) is 45.6 Å². The summed E-state index contributed by atoms with van der Waals surface area (Å²) in [5, 5.41) is 0.0964. The summed E-state index contributed by atoms with van der Waals surface area (Å²) in [6.07, 6.45) is 1.88. The third kappa shape index (κ3) is 3.78. The number of amides is 2. The zero-order valence-corrected chi connectivity index (χ0v) is 16.6. The van der Waals surface area contributed by atoms with Gasteiger partial charge >= 0.3 is 0 Å². The van der Waals surface area contributed by atoms with E-state index in [0.29, 0.717) is 38.4 Å². The van der Waals surface area contributed by atoms with Gasteiger partial charge in [0.05, 0.1) is 10.6 Å². The molecule has 8 heteroatoms. The number of hydrogen-bond acceptors (Lipinski definition) is 2. The third-order valence-corrected chi connectivity index (χ3v) is 5.19. The predicted molar refractivity (Wildman–Crippen MR) is 101 cm³/mol. The number of piperazine rings is 1. The first kappa shape index (κ1) is 18.9. The molecule has 138 valence electrons. The molecule has 1 aromatic heterocycles. The van der Waals surface area contributed by atoms with E-state index in [1.165, 1.54) is 12.1 Å². The van der Waals surface area contributed by atoms with E-state index in [1.54, 1.807) is 9.80 Å². The molecule has 0 spiro atoms. The van der Waals surface area contributed by atoms with Crippen LogP contribution in [0.5, 0.6) is 0 Å². The average Bonchev–Trinajstić information content (AvgIpc) is 3.01. The molecule has 1 aliphatic heterocycles. The van der Waals surface area contributed by atoms with Gasteiger partial charge in [-0.2, -0.15) is 0 Å². The van der Waals surface area contributed by atoms with Crippen molar-refractivity contribution in [2.45, 2.75) is 13.5 Å². The van der Waals surface area contributed by atoms with Gasteiger partial charge in [-0.05, 0) is 47.1 Å². The van der Waals surface area contributed by atoms with Crippen molar-refractivity contribution in [3.63, 3.8) is 0 Å². The van der Waals surface area contributed by atoms with E-state index in [9.17, 15) is 14.0 Å². The standard InChI is InChI=1S/C18H18BrClFN3O2/c1-2-22-11-12(19)9-16(22)18(26)24-7-5-23(6-8-24)17(25)14-4-3-13(21)10-15(14)20/h3-4,9-11H,2,5-8H2,1H3. The van der Waals surface area contributed by atoms with Crippen LogP contribution in [0.2, 0.25) is 5.02 Å². The molecular weight excluding hydrogens is 425 g/mol. The summed E-state index contributed by atoms with van der Waals surface area (Å²) in [4.78, 5) is 28.7. The molecule has 2 aromatic rings. The van der Waals surface area contributed by atoms with Gasteiger partial charge in [-0.15, -0.1) is 0 Å². The van der Waals surface area contributed by atoms with E-state index in [-0.39, 0.29) is 22.4 Å². The maximum absolute atomic E-state index is 13.2. The number of halogens is 3. The van der Waals surface area contributed by atoms with E-state index in [2.05, 4.69) is 15.9 Å². The normalized spacial score (nSPS) is 14.6. The molecule has 1 saturated heterocycles. The molecule has 26 heavy (non-hydrogen) atoms. The third-order valence-electron chi connectivity index (χ3n) is 4.44. The predicted octanol–water partition coefficient (Wildman–Crippen LogP) is 3.66. The molecule has 1 aliphatic rings. The lowest BCUT2D eigenvalue weighted by molar-refractivity contribution is 0.0529. The number of benzene rings is 1. The Morgan fingerprint density at radius 2 is 1.73 bits per heavy atom. The Bertz CT molecular complexity index is 847. The first-order valence-corrected chi connectivity index (χ1v) is 9.47. The van der Waals surface area contributed by atoms with Crippen molar-refractivity contribution in [2.24, 2.45) is 0 Å². The molecule has 0 atom stereocenters. The van der Waals surface area contributed by atoms with Gasteiger partial charge in [-0.25, -0.2) is 4.39 Å². The minimum Gasteiger partial charge on any atom is -0.343 e. The first-order chi connectivity index (χ1) is 12.4. The Kier molecular flexibility index (Phi) is 5.67. The fourth-order valence-corrected chi connectivity index (χ4v) is 3.74. The zero-order chi connectivity index (χ0) is 18.8. The fourth-order valence-electron chi connectivity index (χ4n) is 3.02. The summed E-state index contributed by atoms with van der Waals surface area (Å²) in [5.74, 6) is -0.779. The summed E-state index contributed by atoms with van der Waals surface area (Å²) in [5.41, 5.74) is 0.900. The van der Waals surface area contributed by atoms with Gasteiger partial charge in [0.25, 0.3) is 11.8 Å². The lowest BCUT2D eigenvalue weighted by Crippen LogP contribution is -2.51. The van der Waals surface area contributed by atoms with E-state index in [1.807, 2.05) is 23.8 Å². The lowest BCUT2D eigenvalue weighted by Gasteiger charge is -2.35. The molecule has 2 heterocycles. The summed E-state index contributed by atoms with van der Waals surface area (Å²) < 4.78 is 15.9. The second kappa shape index (κ2) is 7.80. The molecule has 0 bridgehead atoms. The van der Waals surface area contributed by atoms with Crippen LogP contribution in [0.15, 0.2) is 34.9 Å². The van der Waals surface area contributed by atoms with Crippen molar-refractivity contribution in [1.82, 2.24) is 14.4 Å². The second-order valence-electron chi connectivity index (χ2n) is 6.04. The van der Waals surface area contributed by atoms with Gasteiger partial charge in [0, 0.05) is 43.4 Å². The van der Waals surface area contributed by atoms with Crippen LogP contribution in [0, 0.1) is 5.82 Å². The number of carbonyl (C=O) groups is 2. The van der Waals surface area contributed by atoms with Crippen molar-refractivity contribution in [2.75, 3.05) is 26.2 Å². The molecule has 2 amide bonds. The van der Waals surface area contributed by atoms with E-state index >= 15 is 0 Å². The number of aryl methyl sites for hydroxylation is 1. The molecule has 0 unspecified atom stereocenters. The van der Waals surface area contributed by atoms with Gasteiger partial charge < -0.3 is 14.4 Å². The van der Waals surface area contributed by atoms with Gasteiger partial charge in [-0.3, -0.25) is 9.59 Å². The number of hydrogen-bond donors (Lipinski definition) is 0. The quantitative estimate of drug-likeness (QED) is 0.728. The number of nitrogens with zero attached hydrogens (tertiary/aromatic N) is 3. The Morgan fingerprint density at radius 3 is 2.31 bits per heavy atom. The highest BCUT2D eigenvalue weighted by Gasteiger charge is 2.27. The van der Waals surface area contributed by atoms with E-state index in [0.717, 1.165) is 10.5 Å². The van der Waals surface area contributed by atoms with Crippen molar-refractivity contribution in [3.05, 3.63) is 57.0 Å². The van der Waals surface area contributed by atoms with E-state index < -0.39 is 5.82 Å². The SMILES string of the molecule is CCn1cc(Br)cc1C(=O)N1CCN(C(=O)c2ccc(F)cc2Cl)CC1. The number of rotatable bonds is 3. The largest absolute Gasteiger partial charge is 0.343 e. The molecule has 1 aromatic carbocycles. The fraction of sp³-hybridized carbons (Fsp3) is 0.333. The highest BCUT2D eigenvalue weighted by molar-refractivity contribution is 9.10. The van der Waals surface area contributed by atoms with Crippen LogP contribution in [0.25, 0.3) is 0 Å². The number of aromatic nitrogens is 1. The van der Waals surface area contributed by atoms with Crippen LogP contribution >= 0.6 is 27.5 Å². The molecule has 0 radical (unpaired) electrons. The van der Waals surface area contributed by atoms with Crippen molar-refractivity contribution in [3.8, 4) is 0 Å². The minimum absolute atomic E-state index is 0.0514. The smallest absolute Gasteiger partial charge is 0.270 e. The molecule has 5 nitrogen and oxygen atoms in total. The minimum atomic E-state index is -0.480. The van der Waals surface area contributed by atoms with Crippen LogP contribution in [-0.4, -0.2) is 52.4 Å². The summed E-state index contributed by atoms with van der Waals surface area (Å²) in [6, 6.07) is 5.55. The second-order valence-corrected chi connectivity index (χ2v) is 7.36. The number of carbonyl (C=O) groups excluding carboxylic acids is 2. The first-order valence-electron chi connectivity index (χ1n) is 8.30. The average molecular weight is 443 g/mol. The van der Waals surface area contributed by atoms with Crippen LogP contribution in [-0.2, 0) is 6.54 Å².